The van der Waals surface area contributed by atoms with Crippen LogP contribution >= 0.6 is 0 Å². The van der Waals surface area contributed by atoms with E-state index in [-0.39, 0.29) is 18.9 Å². The van der Waals surface area contributed by atoms with Crippen molar-refractivity contribution in [3.8, 4) is 0 Å². The maximum atomic E-state index is 13.0. The molecule has 0 radical (unpaired) electrons. The highest BCUT2D eigenvalue weighted by atomic mass is 16.6. The number of hydrogen-bond acceptors (Lipinski definition) is 6. The third-order valence-corrected chi connectivity index (χ3v) is 5.58. The molecule has 2 aromatic rings. The van der Waals surface area contributed by atoms with Crippen LogP contribution < -0.4 is 5.32 Å². The van der Waals surface area contributed by atoms with Crippen molar-refractivity contribution in [1.29, 1.82) is 0 Å². The van der Waals surface area contributed by atoms with Gasteiger partial charge in [0.15, 0.2) is 0 Å². The fourth-order valence-corrected chi connectivity index (χ4v) is 4.04. The zero-order valence-corrected chi connectivity index (χ0v) is 20.3. The van der Waals surface area contributed by atoms with Gasteiger partial charge in [0.1, 0.15) is 17.7 Å². The van der Waals surface area contributed by atoms with Crippen LogP contribution in [0.4, 0.5) is 0 Å². The van der Waals surface area contributed by atoms with Gasteiger partial charge in [0.25, 0.3) is 11.8 Å². The first kappa shape index (κ1) is 25.4. The minimum Gasteiger partial charge on any atom is -0.480 e. The fourth-order valence-electron chi connectivity index (χ4n) is 4.04. The first-order valence-electron chi connectivity index (χ1n) is 11.5. The molecule has 1 aliphatic heterocycles. The summed E-state index contributed by atoms with van der Waals surface area (Å²) in [4.78, 5) is 51.8. The van der Waals surface area contributed by atoms with Crippen molar-refractivity contribution in [3.05, 3.63) is 47.5 Å². The van der Waals surface area contributed by atoms with E-state index in [0.29, 0.717) is 17.5 Å². The summed E-state index contributed by atoms with van der Waals surface area (Å²) in [6.45, 7) is 8.90. The molecule has 0 aromatic heterocycles. The molecule has 2 aromatic carbocycles. The normalized spacial score (nSPS) is 15.5. The Morgan fingerprint density at radius 1 is 1.00 bits per heavy atom. The number of aliphatic carboxylic acids is 1. The summed E-state index contributed by atoms with van der Waals surface area (Å²) < 4.78 is 5.49. The summed E-state index contributed by atoms with van der Waals surface area (Å²) in [5.41, 5.74) is -0.119. The number of esters is 1. The number of imide groups is 1. The van der Waals surface area contributed by atoms with Crippen molar-refractivity contribution >= 4 is 34.5 Å². The number of hydrogen-bond donors (Lipinski definition) is 2. The lowest BCUT2D eigenvalue weighted by Gasteiger charge is -2.28. The molecule has 2 amide bonds. The van der Waals surface area contributed by atoms with E-state index in [0.717, 1.165) is 15.7 Å². The monoisotopic (exact) mass is 468 g/mol. The van der Waals surface area contributed by atoms with Crippen LogP contribution in [0.15, 0.2) is 36.4 Å². The number of carbonyl (C=O) groups excluding carboxylic acids is 3. The summed E-state index contributed by atoms with van der Waals surface area (Å²) in [6.07, 6.45) is 0.343. The Hall–Kier alpha value is -3.26. The van der Waals surface area contributed by atoms with Gasteiger partial charge in [-0.2, -0.15) is 0 Å². The highest BCUT2D eigenvalue weighted by molar-refractivity contribution is 6.23. The van der Waals surface area contributed by atoms with Crippen LogP contribution in [-0.4, -0.2) is 58.0 Å². The number of carboxylic acid groups (broad SMARTS) is 1. The lowest BCUT2D eigenvalue weighted by Crippen LogP contribution is -2.51. The van der Waals surface area contributed by atoms with Crippen LogP contribution in [0.5, 0.6) is 0 Å². The van der Waals surface area contributed by atoms with E-state index in [4.69, 9.17) is 4.74 Å². The molecule has 2 atom stereocenters. The first-order chi connectivity index (χ1) is 15.9. The Bertz CT molecular complexity index is 1060. The van der Waals surface area contributed by atoms with Crippen LogP contribution in [-0.2, 0) is 14.3 Å². The van der Waals surface area contributed by atoms with Crippen LogP contribution in [0.2, 0.25) is 0 Å². The topological polar surface area (TPSA) is 113 Å². The van der Waals surface area contributed by atoms with Crippen molar-refractivity contribution in [3.63, 3.8) is 0 Å². The van der Waals surface area contributed by atoms with Crippen molar-refractivity contribution in [2.45, 2.75) is 65.1 Å². The molecule has 8 nitrogen and oxygen atoms in total. The number of fused-ring (bicyclic) bond motifs is 2. The van der Waals surface area contributed by atoms with Crippen LogP contribution in [0.25, 0.3) is 10.8 Å². The summed E-state index contributed by atoms with van der Waals surface area (Å²) in [5, 5.41) is 14.2. The van der Waals surface area contributed by atoms with Crippen LogP contribution in [0.3, 0.4) is 0 Å². The van der Waals surface area contributed by atoms with Crippen molar-refractivity contribution in [1.82, 2.24) is 10.2 Å². The third-order valence-electron chi connectivity index (χ3n) is 5.58. The summed E-state index contributed by atoms with van der Waals surface area (Å²) in [7, 11) is 0. The second-order valence-electron chi connectivity index (χ2n) is 10.1. The first-order valence-corrected chi connectivity index (χ1v) is 11.5. The summed E-state index contributed by atoms with van der Waals surface area (Å²) in [5.74, 6) is -2.46. The zero-order valence-electron chi connectivity index (χ0n) is 20.3. The summed E-state index contributed by atoms with van der Waals surface area (Å²) >= 11 is 0. The smallest absolute Gasteiger partial charge is 0.323 e. The Kier molecular flexibility index (Phi) is 7.41. The second kappa shape index (κ2) is 9.93. The van der Waals surface area contributed by atoms with Gasteiger partial charge in [-0.05, 0) is 62.4 Å². The van der Waals surface area contributed by atoms with Crippen LogP contribution in [0.1, 0.15) is 68.2 Å². The summed E-state index contributed by atoms with van der Waals surface area (Å²) in [6, 6.07) is 8.92. The number of nitrogens with zero attached hydrogens (tertiary/aromatic N) is 1. The van der Waals surface area contributed by atoms with Crippen molar-refractivity contribution in [2.75, 3.05) is 6.54 Å². The van der Waals surface area contributed by atoms with E-state index in [1.54, 1.807) is 32.9 Å². The van der Waals surface area contributed by atoms with Gasteiger partial charge in [0.05, 0.1) is 11.1 Å². The van der Waals surface area contributed by atoms with Gasteiger partial charge in [-0.25, -0.2) is 0 Å². The predicted molar refractivity (Wildman–Crippen MR) is 128 cm³/mol. The second-order valence-corrected chi connectivity index (χ2v) is 10.1. The van der Waals surface area contributed by atoms with Gasteiger partial charge in [-0.1, -0.05) is 38.1 Å². The van der Waals surface area contributed by atoms with Gasteiger partial charge >= 0.3 is 11.9 Å². The van der Waals surface area contributed by atoms with E-state index in [2.05, 4.69) is 5.32 Å². The minimum absolute atomic E-state index is 0.0295. The van der Waals surface area contributed by atoms with Gasteiger partial charge in [0.2, 0.25) is 0 Å². The number of benzene rings is 2. The van der Waals surface area contributed by atoms with Crippen molar-refractivity contribution < 1.29 is 29.0 Å². The lowest BCUT2D eigenvalue weighted by molar-refractivity contribution is -0.158. The van der Waals surface area contributed by atoms with Crippen molar-refractivity contribution in [2.24, 2.45) is 5.92 Å². The molecule has 0 saturated carbocycles. The molecule has 0 spiro atoms. The largest absolute Gasteiger partial charge is 0.480 e. The molecule has 1 aliphatic rings. The minimum atomic E-state index is -1.07. The Morgan fingerprint density at radius 2 is 1.53 bits per heavy atom. The maximum Gasteiger partial charge on any atom is 0.323 e. The average molecular weight is 469 g/mol. The van der Waals surface area contributed by atoms with E-state index in [1.165, 1.54) is 0 Å². The molecule has 2 N–H and O–H groups in total. The van der Waals surface area contributed by atoms with Gasteiger partial charge in [-0.3, -0.25) is 29.4 Å². The quantitative estimate of drug-likeness (QED) is 0.427. The number of rotatable bonds is 9. The lowest BCUT2D eigenvalue weighted by atomic mass is 10.0. The zero-order chi connectivity index (χ0) is 25.2. The molecule has 0 unspecified atom stereocenters. The maximum absolute atomic E-state index is 13.0. The predicted octanol–water partition coefficient (Wildman–Crippen LogP) is 3.63. The molecular formula is C26H32N2O6. The average Bonchev–Trinajstić information content (AvgIpc) is 2.96. The van der Waals surface area contributed by atoms with E-state index >= 15 is 0 Å². The molecule has 8 heteroatoms. The van der Waals surface area contributed by atoms with Gasteiger partial charge < -0.3 is 9.84 Å². The number of amides is 2. The fraction of sp³-hybridized carbons (Fsp3) is 0.462. The van der Waals surface area contributed by atoms with Gasteiger partial charge in [-0.15, -0.1) is 0 Å². The molecule has 0 bridgehead atoms. The highest BCUT2D eigenvalue weighted by Gasteiger charge is 2.37. The Morgan fingerprint density at radius 3 is 1.97 bits per heavy atom. The van der Waals surface area contributed by atoms with Crippen LogP contribution in [0, 0.1) is 5.92 Å². The third kappa shape index (κ3) is 5.80. The molecule has 3 rings (SSSR count). The SMILES string of the molecule is CC(C)C[C@H](N[C@H](CCN1C(=O)c2cc3ccccc3cc2C1=O)C(=O)OC(C)(C)C)C(=O)O. The highest BCUT2D eigenvalue weighted by Crippen LogP contribution is 2.28. The molecule has 182 valence electrons. The molecule has 0 aliphatic carbocycles. The van der Waals surface area contributed by atoms with E-state index in [1.807, 2.05) is 38.1 Å². The van der Waals surface area contributed by atoms with Gasteiger partial charge in [0, 0.05) is 6.54 Å². The molecule has 0 fully saturated rings. The van der Waals surface area contributed by atoms with E-state index in [9.17, 15) is 24.3 Å². The number of carbonyl (C=O) groups is 4. The molecule has 34 heavy (non-hydrogen) atoms. The number of ether oxygens (including phenoxy) is 1. The number of nitrogens with one attached hydrogen (secondary N) is 1. The number of carboxylic acids is 1. The molecule has 0 saturated heterocycles. The van der Waals surface area contributed by atoms with E-state index < -0.39 is 41.4 Å². The Balaban J connectivity index is 1.81. The Labute approximate surface area is 199 Å². The molecule has 1 heterocycles. The standard InChI is InChI=1S/C26H32N2O6/c1-15(2)12-21(24(31)32)27-20(25(33)34-26(3,4)5)10-11-28-22(29)18-13-16-8-6-7-9-17(16)14-19(18)23(28)30/h6-9,13-15,20-21,27H,10-12H2,1-5H3,(H,31,32)/t20-,21+/m1/s1. The molecular weight excluding hydrogens is 436 g/mol.